The molecule has 2 rings (SSSR count). The summed E-state index contributed by atoms with van der Waals surface area (Å²) in [6.07, 6.45) is -4.76. The summed E-state index contributed by atoms with van der Waals surface area (Å²) in [5, 5.41) is 0.158. The molecule has 0 saturated carbocycles. The first-order valence-electron chi connectivity index (χ1n) is 4.02. The van der Waals surface area contributed by atoms with E-state index in [4.69, 9.17) is 23.2 Å². The molecule has 1 aromatic rings. The molecule has 1 aliphatic rings. The maximum Gasteiger partial charge on any atom is 0.532 e. The van der Waals surface area contributed by atoms with Crippen LogP contribution in [0.5, 0.6) is 11.5 Å². The number of ether oxygens (including phenoxy) is 2. The lowest BCUT2D eigenvalue weighted by Gasteiger charge is -2.20. The van der Waals surface area contributed by atoms with Crippen LogP contribution < -0.4 is 15.2 Å². The van der Waals surface area contributed by atoms with Crippen LogP contribution in [0.4, 0.5) is 13.2 Å². The van der Waals surface area contributed by atoms with Gasteiger partial charge in [0.25, 0.3) is 0 Å². The predicted octanol–water partition coefficient (Wildman–Crippen LogP) is 2.22. The van der Waals surface area contributed by atoms with Crippen molar-refractivity contribution in [1.82, 2.24) is 0 Å². The maximum absolute atomic E-state index is 12.5. The Bertz CT molecular complexity index is 419. The Morgan fingerprint density at radius 3 is 1.75 bits per heavy atom. The molecule has 3 N–H and O–H groups in total. The molecule has 0 radical (unpaired) electrons. The Morgan fingerprint density at radius 2 is 1.44 bits per heavy atom. The molecule has 88 valence electrons. The third-order valence-electron chi connectivity index (χ3n) is 1.97. The van der Waals surface area contributed by atoms with E-state index in [-0.39, 0.29) is 21.5 Å². The number of hydrogen-bond acceptors (Lipinski definition) is 2. The molecule has 16 heavy (non-hydrogen) atoms. The molecule has 0 aliphatic carbocycles. The van der Waals surface area contributed by atoms with E-state index in [0.29, 0.717) is 0 Å². The number of fused-ring (bicyclic) bond motifs is 1. The molecule has 1 aliphatic heterocycles. The van der Waals surface area contributed by atoms with E-state index in [1.165, 1.54) is 0 Å². The highest BCUT2D eigenvalue weighted by Gasteiger charge is 2.66. The van der Waals surface area contributed by atoms with Gasteiger partial charge in [-0.25, -0.2) is 0 Å². The van der Waals surface area contributed by atoms with Crippen LogP contribution in [0.3, 0.4) is 0 Å². The van der Waals surface area contributed by atoms with Gasteiger partial charge in [-0.2, -0.15) is 13.2 Å². The van der Waals surface area contributed by atoms with Gasteiger partial charge < -0.3 is 9.47 Å². The molecule has 1 aromatic carbocycles. The summed E-state index contributed by atoms with van der Waals surface area (Å²) in [5.74, 6) is -3.22. The number of alkyl halides is 3. The van der Waals surface area contributed by atoms with Gasteiger partial charge in [0, 0.05) is 12.1 Å². The predicted molar refractivity (Wildman–Crippen MR) is 49.4 cm³/mol. The van der Waals surface area contributed by atoms with E-state index in [2.05, 4.69) is 15.2 Å². The van der Waals surface area contributed by atoms with Gasteiger partial charge in [-0.1, -0.05) is 23.2 Å². The van der Waals surface area contributed by atoms with Crippen LogP contribution in [0, 0.1) is 0 Å². The quantitative estimate of drug-likeness (QED) is 0.789. The summed E-state index contributed by atoms with van der Waals surface area (Å²) in [6, 6.07) is 2.30. The topological polar surface area (TPSA) is 46.1 Å². The van der Waals surface area contributed by atoms with E-state index in [0.717, 1.165) is 12.1 Å². The summed E-state index contributed by atoms with van der Waals surface area (Å²) in [7, 11) is 0. The average Bonchev–Trinajstić information content (AvgIpc) is 2.42. The minimum Gasteiger partial charge on any atom is -0.397 e. The molecule has 0 aromatic heterocycles. The van der Waals surface area contributed by atoms with Gasteiger partial charge >= 0.3 is 12.1 Å². The third kappa shape index (κ3) is 1.66. The third-order valence-corrected chi connectivity index (χ3v) is 2.69. The fraction of sp³-hybridized carbons (Fsp3) is 0.250. The number of hydrogen-bond donors (Lipinski definition) is 1. The highest BCUT2D eigenvalue weighted by molar-refractivity contribution is 6.42. The van der Waals surface area contributed by atoms with Crippen molar-refractivity contribution in [1.29, 1.82) is 0 Å². The first-order chi connectivity index (χ1) is 7.23. The smallest absolute Gasteiger partial charge is 0.397 e. The molecule has 1 heterocycles. The van der Waals surface area contributed by atoms with Crippen molar-refractivity contribution >= 4 is 23.2 Å². The molecule has 3 nitrogen and oxygen atoms in total. The minimum atomic E-state index is -4.76. The lowest BCUT2D eigenvalue weighted by molar-refractivity contribution is -0.644. The SMILES string of the molecule is [NH3+]C1(C(F)(F)F)Oc2cc(Cl)c(Cl)cc2O1. The van der Waals surface area contributed by atoms with Crippen molar-refractivity contribution in [2.45, 2.75) is 12.1 Å². The molecule has 0 unspecified atom stereocenters. The van der Waals surface area contributed by atoms with Crippen LogP contribution >= 0.6 is 23.2 Å². The van der Waals surface area contributed by atoms with Crippen molar-refractivity contribution in [3.05, 3.63) is 22.2 Å². The van der Waals surface area contributed by atoms with Gasteiger partial charge in [-0.3, -0.25) is 5.73 Å². The van der Waals surface area contributed by atoms with Crippen molar-refractivity contribution in [2.75, 3.05) is 0 Å². The Labute approximate surface area is 97.8 Å². The van der Waals surface area contributed by atoms with Gasteiger partial charge in [0.1, 0.15) is 0 Å². The second-order valence-corrected chi connectivity index (χ2v) is 3.98. The van der Waals surface area contributed by atoms with E-state index >= 15 is 0 Å². The van der Waals surface area contributed by atoms with E-state index < -0.39 is 12.1 Å². The molecule has 8 heteroatoms. The summed E-state index contributed by atoms with van der Waals surface area (Å²) in [5.41, 5.74) is 2.86. The molecule has 0 spiro atoms. The Hall–Kier alpha value is -0.850. The fourth-order valence-corrected chi connectivity index (χ4v) is 1.47. The molecule has 0 fully saturated rings. The number of benzene rings is 1. The fourth-order valence-electron chi connectivity index (χ4n) is 1.16. The Kier molecular flexibility index (Phi) is 2.41. The molecule has 0 saturated heterocycles. The normalized spacial score (nSPS) is 17.6. The second-order valence-electron chi connectivity index (χ2n) is 3.17. The Morgan fingerprint density at radius 1 is 1.06 bits per heavy atom. The van der Waals surface area contributed by atoms with E-state index in [1.54, 1.807) is 0 Å². The minimum absolute atomic E-state index is 0.0791. The Balaban J connectivity index is 2.42. The van der Waals surface area contributed by atoms with Gasteiger partial charge in [0.2, 0.25) is 0 Å². The highest BCUT2D eigenvalue weighted by Crippen LogP contribution is 2.45. The van der Waals surface area contributed by atoms with Gasteiger partial charge in [0.15, 0.2) is 11.5 Å². The summed E-state index contributed by atoms with van der Waals surface area (Å²) >= 11 is 11.3. The van der Waals surface area contributed by atoms with E-state index in [1.807, 2.05) is 0 Å². The number of rotatable bonds is 0. The summed E-state index contributed by atoms with van der Waals surface area (Å²) < 4.78 is 46.8. The molecule has 0 bridgehead atoms. The molecule has 0 atom stereocenters. The van der Waals surface area contributed by atoms with Crippen LogP contribution in [-0.4, -0.2) is 12.1 Å². The number of quaternary nitrogens is 1. The van der Waals surface area contributed by atoms with E-state index in [9.17, 15) is 13.2 Å². The zero-order valence-electron chi connectivity index (χ0n) is 7.57. The number of halogens is 5. The largest absolute Gasteiger partial charge is 0.532 e. The second kappa shape index (κ2) is 3.32. The molecule has 0 amide bonds. The summed E-state index contributed by atoms with van der Waals surface area (Å²) in [4.78, 5) is 0. The molecular formula is C8H5Cl2F3NO2+. The van der Waals surface area contributed by atoms with Crippen LogP contribution in [0.1, 0.15) is 0 Å². The maximum atomic E-state index is 12.5. The standard InChI is InChI=1S/C8H4Cl2F3NO2/c9-3-1-5-6(2-4(3)10)16-8(14,15-5)7(11,12)13/h1-2H,14H2/p+1. The zero-order chi connectivity index (χ0) is 12.1. The first kappa shape index (κ1) is 11.6. The molecular weight excluding hydrogens is 270 g/mol. The van der Waals surface area contributed by atoms with Crippen LogP contribution in [0.2, 0.25) is 10.0 Å². The van der Waals surface area contributed by atoms with Crippen LogP contribution in [0.25, 0.3) is 0 Å². The van der Waals surface area contributed by atoms with Crippen molar-refractivity contribution in [3.8, 4) is 11.5 Å². The van der Waals surface area contributed by atoms with Gasteiger partial charge in [-0.05, 0) is 0 Å². The monoisotopic (exact) mass is 274 g/mol. The van der Waals surface area contributed by atoms with Crippen molar-refractivity contribution in [2.24, 2.45) is 0 Å². The highest BCUT2D eigenvalue weighted by atomic mass is 35.5. The summed E-state index contributed by atoms with van der Waals surface area (Å²) in [6.45, 7) is 0. The van der Waals surface area contributed by atoms with Crippen LogP contribution in [0.15, 0.2) is 12.1 Å². The van der Waals surface area contributed by atoms with Crippen LogP contribution in [-0.2, 0) is 0 Å². The first-order valence-corrected chi connectivity index (χ1v) is 4.78. The van der Waals surface area contributed by atoms with Crippen molar-refractivity contribution < 1.29 is 28.4 Å². The van der Waals surface area contributed by atoms with Crippen molar-refractivity contribution in [3.63, 3.8) is 0 Å². The van der Waals surface area contributed by atoms with Gasteiger partial charge in [0.05, 0.1) is 10.0 Å². The average molecular weight is 275 g/mol. The zero-order valence-corrected chi connectivity index (χ0v) is 9.08. The lowest BCUT2D eigenvalue weighted by atomic mass is 10.3. The van der Waals surface area contributed by atoms with Gasteiger partial charge in [-0.15, -0.1) is 0 Å². The lowest BCUT2D eigenvalue weighted by Crippen LogP contribution is -2.84.